The lowest BCUT2D eigenvalue weighted by Gasteiger charge is -2.06. The first-order valence-electron chi connectivity index (χ1n) is 8.34. The number of nitrogens with one attached hydrogen (secondary N) is 1. The Labute approximate surface area is 170 Å². The molecule has 0 saturated heterocycles. The van der Waals surface area contributed by atoms with Crippen LogP contribution in [0.5, 0.6) is 0 Å². The number of hydrogen-bond acceptors (Lipinski definition) is 4. The normalized spacial score (nSPS) is 10.8. The second-order valence-corrected chi connectivity index (χ2v) is 7.11. The van der Waals surface area contributed by atoms with Gasteiger partial charge >= 0.3 is 0 Å². The maximum Gasteiger partial charge on any atom is 0.290 e. The minimum absolute atomic E-state index is 0.111. The Bertz CT molecular complexity index is 847. The van der Waals surface area contributed by atoms with Gasteiger partial charge in [0, 0.05) is 35.3 Å². The molecule has 1 heterocycles. The van der Waals surface area contributed by atoms with Crippen LogP contribution in [0, 0.1) is 0 Å². The molecular weight excluding hydrogens is 432 g/mol. The average Bonchev–Trinajstić information content (AvgIpc) is 3.12. The molecule has 2 aromatic carbocycles. The number of carbonyl (C=O) groups is 1. The van der Waals surface area contributed by atoms with Crippen molar-refractivity contribution in [1.82, 2.24) is 20.1 Å². The van der Waals surface area contributed by atoms with Crippen LogP contribution in [0.3, 0.4) is 0 Å². The van der Waals surface area contributed by atoms with Gasteiger partial charge in [0.05, 0.1) is 5.69 Å². The minimum Gasteiger partial charge on any atom is -0.385 e. The first kappa shape index (κ1) is 19.5. The number of benzene rings is 2. The van der Waals surface area contributed by atoms with E-state index in [0.717, 1.165) is 22.1 Å². The average molecular weight is 450 g/mol. The molecule has 3 aromatic rings. The molecule has 0 saturated carbocycles. The Hall–Kier alpha value is -2.22. The number of nitrogens with zero attached hydrogens (tertiary/aromatic N) is 3. The molecule has 0 fully saturated rings. The summed E-state index contributed by atoms with van der Waals surface area (Å²) in [5.41, 5.74) is 1.61. The van der Waals surface area contributed by atoms with Crippen LogP contribution in [0.15, 0.2) is 53.0 Å². The lowest BCUT2D eigenvalue weighted by molar-refractivity contribution is 0.0938. The molecule has 0 unspecified atom stereocenters. The van der Waals surface area contributed by atoms with Crippen LogP contribution in [0.25, 0.3) is 17.1 Å². The molecule has 0 aliphatic rings. The van der Waals surface area contributed by atoms with Crippen molar-refractivity contribution in [3.63, 3.8) is 0 Å². The monoisotopic (exact) mass is 448 g/mol. The van der Waals surface area contributed by atoms with Crippen molar-refractivity contribution in [2.75, 3.05) is 20.3 Å². The zero-order valence-corrected chi connectivity index (χ0v) is 17.0. The summed E-state index contributed by atoms with van der Waals surface area (Å²) in [5.74, 6) is 0.365. The Morgan fingerprint density at radius 3 is 2.56 bits per heavy atom. The number of aromatic nitrogens is 3. The lowest BCUT2D eigenvalue weighted by atomic mass is 10.2. The standard InChI is InChI=1S/C19H18BrClN4O2/c1-27-12-2-11-22-19(26)17-23-18(13-3-5-14(20)6-4-13)25(24-17)16-9-7-15(21)8-10-16/h3-10H,2,11-12H2,1H3,(H,22,26). The van der Waals surface area contributed by atoms with E-state index in [4.69, 9.17) is 16.3 Å². The van der Waals surface area contributed by atoms with Gasteiger partial charge < -0.3 is 10.1 Å². The highest BCUT2D eigenvalue weighted by Crippen LogP contribution is 2.24. The largest absolute Gasteiger partial charge is 0.385 e. The molecule has 0 aliphatic heterocycles. The van der Waals surface area contributed by atoms with E-state index in [0.29, 0.717) is 24.0 Å². The number of carbonyl (C=O) groups excluding carboxylic acids is 1. The van der Waals surface area contributed by atoms with Crippen molar-refractivity contribution < 1.29 is 9.53 Å². The van der Waals surface area contributed by atoms with E-state index < -0.39 is 0 Å². The number of halogens is 2. The van der Waals surface area contributed by atoms with Gasteiger partial charge in [-0.3, -0.25) is 4.79 Å². The molecule has 140 valence electrons. The molecule has 0 spiro atoms. The quantitative estimate of drug-likeness (QED) is 0.551. The Morgan fingerprint density at radius 1 is 1.19 bits per heavy atom. The summed E-state index contributed by atoms with van der Waals surface area (Å²) in [6, 6.07) is 14.9. The van der Waals surface area contributed by atoms with Crippen molar-refractivity contribution in [1.29, 1.82) is 0 Å². The van der Waals surface area contributed by atoms with Crippen LogP contribution in [0.2, 0.25) is 5.02 Å². The number of rotatable bonds is 7. The van der Waals surface area contributed by atoms with Gasteiger partial charge in [0.25, 0.3) is 5.91 Å². The van der Waals surface area contributed by atoms with Gasteiger partial charge in [-0.2, -0.15) is 0 Å². The van der Waals surface area contributed by atoms with Crippen LogP contribution >= 0.6 is 27.5 Å². The molecule has 0 atom stereocenters. The smallest absolute Gasteiger partial charge is 0.290 e. The predicted molar refractivity (Wildman–Crippen MR) is 108 cm³/mol. The third-order valence-corrected chi connectivity index (χ3v) is 4.58. The van der Waals surface area contributed by atoms with Crippen LogP contribution in [-0.2, 0) is 4.74 Å². The third-order valence-electron chi connectivity index (χ3n) is 3.79. The summed E-state index contributed by atoms with van der Waals surface area (Å²) in [7, 11) is 1.63. The second kappa shape index (κ2) is 9.12. The number of methoxy groups -OCH3 is 1. The van der Waals surface area contributed by atoms with E-state index in [-0.39, 0.29) is 11.7 Å². The van der Waals surface area contributed by atoms with Gasteiger partial charge in [-0.1, -0.05) is 39.7 Å². The second-order valence-electron chi connectivity index (χ2n) is 5.76. The molecule has 0 aliphatic carbocycles. The summed E-state index contributed by atoms with van der Waals surface area (Å²) in [4.78, 5) is 16.9. The van der Waals surface area contributed by atoms with Crippen molar-refractivity contribution >= 4 is 33.4 Å². The van der Waals surface area contributed by atoms with Crippen LogP contribution in [-0.4, -0.2) is 40.9 Å². The molecule has 0 bridgehead atoms. The molecular formula is C19H18BrClN4O2. The molecule has 8 heteroatoms. The zero-order chi connectivity index (χ0) is 19.2. The summed E-state index contributed by atoms with van der Waals surface area (Å²) in [5, 5.41) is 7.85. The van der Waals surface area contributed by atoms with Crippen molar-refractivity contribution in [2.24, 2.45) is 0 Å². The first-order chi connectivity index (χ1) is 13.1. The SMILES string of the molecule is COCCCNC(=O)c1nc(-c2ccc(Br)cc2)n(-c2ccc(Cl)cc2)n1. The van der Waals surface area contributed by atoms with E-state index in [9.17, 15) is 4.79 Å². The van der Waals surface area contributed by atoms with E-state index in [1.54, 1.807) is 23.9 Å². The van der Waals surface area contributed by atoms with Crippen molar-refractivity contribution in [3.8, 4) is 17.1 Å². The van der Waals surface area contributed by atoms with Crippen molar-refractivity contribution in [2.45, 2.75) is 6.42 Å². The highest BCUT2D eigenvalue weighted by molar-refractivity contribution is 9.10. The number of amides is 1. The highest BCUT2D eigenvalue weighted by atomic mass is 79.9. The molecule has 0 radical (unpaired) electrons. The van der Waals surface area contributed by atoms with Gasteiger partial charge in [0.2, 0.25) is 5.82 Å². The summed E-state index contributed by atoms with van der Waals surface area (Å²) in [6.07, 6.45) is 0.722. The summed E-state index contributed by atoms with van der Waals surface area (Å²) < 4.78 is 7.59. The Morgan fingerprint density at radius 2 is 1.89 bits per heavy atom. The van der Waals surface area contributed by atoms with E-state index in [1.807, 2.05) is 36.4 Å². The van der Waals surface area contributed by atoms with E-state index >= 15 is 0 Å². The fraction of sp³-hybridized carbons (Fsp3) is 0.211. The van der Waals surface area contributed by atoms with E-state index in [1.165, 1.54) is 0 Å². The Kier molecular flexibility index (Phi) is 6.60. The molecule has 6 nitrogen and oxygen atoms in total. The maximum atomic E-state index is 12.4. The third kappa shape index (κ3) is 4.94. The molecule has 1 amide bonds. The van der Waals surface area contributed by atoms with Crippen molar-refractivity contribution in [3.05, 3.63) is 63.9 Å². The minimum atomic E-state index is -0.322. The summed E-state index contributed by atoms with van der Waals surface area (Å²) >= 11 is 9.41. The Balaban J connectivity index is 1.94. The topological polar surface area (TPSA) is 69.0 Å². The number of hydrogen-bond donors (Lipinski definition) is 1. The molecule has 1 N–H and O–H groups in total. The van der Waals surface area contributed by atoms with Gasteiger partial charge in [-0.15, -0.1) is 5.10 Å². The number of ether oxygens (including phenoxy) is 1. The fourth-order valence-corrected chi connectivity index (χ4v) is 2.84. The van der Waals surface area contributed by atoms with Gasteiger partial charge in [-0.05, 0) is 42.8 Å². The van der Waals surface area contributed by atoms with Gasteiger partial charge in [0.15, 0.2) is 5.82 Å². The van der Waals surface area contributed by atoms with Gasteiger partial charge in [-0.25, -0.2) is 9.67 Å². The molecule has 3 rings (SSSR count). The lowest BCUT2D eigenvalue weighted by Crippen LogP contribution is -2.26. The summed E-state index contributed by atoms with van der Waals surface area (Å²) in [6.45, 7) is 1.08. The fourth-order valence-electron chi connectivity index (χ4n) is 2.45. The molecule has 1 aromatic heterocycles. The zero-order valence-electron chi connectivity index (χ0n) is 14.7. The highest BCUT2D eigenvalue weighted by Gasteiger charge is 2.18. The molecule has 27 heavy (non-hydrogen) atoms. The van der Waals surface area contributed by atoms with Crippen LogP contribution < -0.4 is 5.32 Å². The van der Waals surface area contributed by atoms with Crippen LogP contribution in [0.1, 0.15) is 17.0 Å². The van der Waals surface area contributed by atoms with Crippen LogP contribution in [0.4, 0.5) is 0 Å². The van der Waals surface area contributed by atoms with E-state index in [2.05, 4.69) is 31.3 Å². The first-order valence-corrected chi connectivity index (χ1v) is 9.51. The van der Waals surface area contributed by atoms with Gasteiger partial charge in [0.1, 0.15) is 0 Å². The predicted octanol–water partition coefficient (Wildman–Crippen LogP) is 4.12. The maximum absolute atomic E-state index is 12.4.